The number of rotatable bonds is 5. The van der Waals surface area contributed by atoms with Gasteiger partial charge < -0.3 is 10.6 Å². The van der Waals surface area contributed by atoms with Crippen LogP contribution >= 0.6 is 22.9 Å². The Morgan fingerprint density at radius 2 is 2.14 bits per heavy atom. The molecule has 22 heavy (non-hydrogen) atoms. The lowest BCUT2D eigenvalue weighted by atomic mass is 10.2. The standard InChI is InChI=1S/C15H14ClN3O2S/c16-10-3-1-2-9(6-10)7-17-13(20)12-8-22-15(19-12)14(21)18-11-4-5-11/h1-3,6,8,11H,4-5,7H2,(H,17,20)(H,18,21). The third-order valence-corrected chi connectivity index (χ3v) is 4.26. The average Bonchev–Trinajstić information content (AvgIpc) is 3.17. The molecule has 0 aliphatic heterocycles. The topological polar surface area (TPSA) is 71.1 Å². The summed E-state index contributed by atoms with van der Waals surface area (Å²) in [5.41, 5.74) is 1.16. The fraction of sp³-hybridized carbons (Fsp3) is 0.267. The summed E-state index contributed by atoms with van der Waals surface area (Å²) in [7, 11) is 0. The molecule has 2 N–H and O–H groups in total. The Morgan fingerprint density at radius 1 is 1.32 bits per heavy atom. The number of nitrogens with zero attached hydrogens (tertiary/aromatic N) is 1. The minimum absolute atomic E-state index is 0.207. The first kappa shape index (κ1) is 15.0. The average molecular weight is 336 g/mol. The summed E-state index contributed by atoms with van der Waals surface area (Å²) in [6.45, 7) is 0.362. The van der Waals surface area contributed by atoms with Gasteiger partial charge in [0.1, 0.15) is 5.69 Å². The molecular weight excluding hydrogens is 322 g/mol. The van der Waals surface area contributed by atoms with Crippen LogP contribution in [0, 0.1) is 0 Å². The SMILES string of the molecule is O=C(NCc1cccc(Cl)c1)c1csc(C(=O)NC2CC2)n1. The monoisotopic (exact) mass is 335 g/mol. The molecule has 0 saturated heterocycles. The van der Waals surface area contributed by atoms with Gasteiger partial charge >= 0.3 is 0 Å². The van der Waals surface area contributed by atoms with E-state index in [1.54, 1.807) is 17.5 Å². The number of aromatic nitrogens is 1. The van der Waals surface area contributed by atoms with Crippen molar-refractivity contribution in [1.29, 1.82) is 0 Å². The molecule has 1 heterocycles. The van der Waals surface area contributed by atoms with Crippen molar-refractivity contribution in [3.05, 3.63) is 50.9 Å². The Bertz CT molecular complexity index is 712. The molecule has 1 aliphatic rings. The first-order chi connectivity index (χ1) is 10.6. The fourth-order valence-corrected chi connectivity index (χ4v) is 2.79. The maximum absolute atomic E-state index is 12.0. The van der Waals surface area contributed by atoms with Crippen LogP contribution in [-0.2, 0) is 6.54 Å². The summed E-state index contributed by atoms with van der Waals surface area (Å²) < 4.78 is 0. The number of thiazole rings is 1. The van der Waals surface area contributed by atoms with Gasteiger partial charge in [-0.1, -0.05) is 23.7 Å². The summed E-state index contributed by atoms with van der Waals surface area (Å²) in [5.74, 6) is -0.511. The van der Waals surface area contributed by atoms with Gasteiger partial charge in [-0.25, -0.2) is 4.98 Å². The van der Waals surface area contributed by atoms with E-state index in [-0.39, 0.29) is 23.6 Å². The van der Waals surface area contributed by atoms with Crippen molar-refractivity contribution in [2.24, 2.45) is 0 Å². The van der Waals surface area contributed by atoms with Gasteiger partial charge in [-0.3, -0.25) is 9.59 Å². The van der Waals surface area contributed by atoms with Crippen LogP contribution in [0.3, 0.4) is 0 Å². The van der Waals surface area contributed by atoms with E-state index >= 15 is 0 Å². The number of hydrogen-bond donors (Lipinski definition) is 2. The van der Waals surface area contributed by atoms with Gasteiger partial charge in [0.2, 0.25) is 0 Å². The molecule has 1 aromatic heterocycles. The molecule has 0 bridgehead atoms. The molecule has 1 aliphatic carbocycles. The first-order valence-corrected chi connectivity index (χ1v) is 8.16. The molecule has 0 atom stereocenters. The highest BCUT2D eigenvalue weighted by Crippen LogP contribution is 2.20. The van der Waals surface area contributed by atoms with Crippen LogP contribution in [0.25, 0.3) is 0 Å². The Kier molecular flexibility index (Phi) is 4.40. The molecular formula is C15H14ClN3O2S. The zero-order valence-corrected chi connectivity index (χ0v) is 13.2. The lowest BCUT2D eigenvalue weighted by Crippen LogP contribution is -2.26. The van der Waals surface area contributed by atoms with E-state index in [9.17, 15) is 9.59 Å². The highest BCUT2D eigenvalue weighted by molar-refractivity contribution is 7.11. The lowest BCUT2D eigenvalue weighted by Gasteiger charge is -2.03. The number of amides is 2. The maximum atomic E-state index is 12.0. The summed E-state index contributed by atoms with van der Waals surface area (Å²) in [6, 6.07) is 7.54. The van der Waals surface area contributed by atoms with Crippen LogP contribution < -0.4 is 10.6 Å². The molecule has 1 aromatic carbocycles. The molecule has 7 heteroatoms. The molecule has 1 saturated carbocycles. The molecule has 2 aromatic rings. The molecule has 2 amide bonds. The van der Waals surface area contributed by atoms with Gasteiger partial charge in [0.15, 0.2) is 5.01 Å². The van der Waals surface area contributed by atoms with E-state index in [0.717, 1.165) is 18.4 Å². The maximum Gasteiger partial charge on any atom is 0.280 e. The lowest BCUT2D eigenvalue weighted by molar-refractivity contribution is 0.0945. The van der Waals surface area contributed by atoms with Gasteiger partial charge in [-0.05, 0) is 30.5 Å². The minimum Gasteiger partial charge on any atom is -0.347 e. The van der Waals surface area contributed by atoms with E-state index in [4.69, 9.17) is 11.6 Å². The van der Waals surface area contributed by atoms with Gasteiger partial charge in [0, 0.05) is 23.0 Å². The molecule has 0 spiro atoms. The smallest absolute Gasteiger partial charge is 0.280 e. The van der Waals surface area contributed by atoms with Crippen molar-refractivity contribution < 1.29 is 9.59 Å². The second kappa shape index (κ2) is 6.46. The van der Waals surface area contributed by atoms with Crippen molar-refractivity contribution in [3.63, 3.8) is 0 Å². The van der Waals surface area contributed by atoms with Crippen LogP contribution in [0.4, 0.5) is 0 Å². The van der Waals surface area contributed by atoms with Gasteiger partial charge in [-0.2, -0.15) is 0 Å². The Labute approximate surface area is 136 Å². The zero-order valence-electron chi connectivity index (χ0n) is 11.6. The van der Waals surface area contributed by atoms with Crippen LogP contribution in [0.5, 0.6) is 0 Å². The predicted molar refractivity (Wildman–Crippen MR) is 85.2 cm³/mol. The molecule has 114 valence electrons. The Balaban J connectivity index is 1.58. The molecule has 0 radical (unpaired) electrons. The fourth-order valence-electron chi connectivity index (χ4n) is 1.88. The number of halogens is 1. The zero-order chi connectivity index (χ0) is 15.5. The van der Waals surface area contributed by atoms with Crippen molar-refractivity contribution >= 4 is 34.8 Å². The number of carbonyl (C=O) groups is 2. The van der Waals surface area contributed by atoms with Crippen molar-refractivity contribution in [3.8, 4) is 0 Å². The highest BCUT2D eigenvalue weighted by Gasteiger charge is 2.25. The van der Waals surface area contributed by atoms with E-state index < -0.39 is 0 Å². The predicted octanol–water partition coefficient (Wildman–Crippen LogP) is 2.62. The minimum atomic E-state index is -0.304. The summed E-state index contributed by atoms with van der Waals surface area (Å²) >= 11 is 7.07. The van der Waals surface area contributed by atoms with Gasteiger partial charge in [0.05, 0.1) is 0 Å². The largest absolute Gasteiger partial charge is 0.347 e. The van der Waals surface area contributed by atoms with Crippen molar-refractivity contribution in [2.75, 3.05) is 0 Å². The van der Waals surface area contributed by atoms with Gasteiger partial charge in [-0.15, -0.1) is 11.3 Å². The van der Waals surface area contributed by atoms with Crippen molar-refractivity contribution in [2.45, 2.75) is 25.4 Å². The first-order valence-electron chi connectivity index (χ1n) is 6.91. The number of carbonyl (C=O) groups excluding carboxylic acids is 2. The Hall–Kier alpha value is -1.92. The number of hydrogen-bond acceptors (Lipinski definition) is 4. The molecule has 1 fully saturated rings. The number of nitrogens with one attached hydrogen (secondary N) is 2. The third kappa shape index (κ3) is 3.84. The molecule has 0 unspecified atom stereocenters. The van der Waals surface area contributed by atoms with Gasteiger partial charge in [0.25, 0.3) is 11.8 Å². The second-order valence-corrected chi connectivity index (χ2v) is 6.39. The quantitative estimate of drug-likeness (QED) is 0.882. The van der Waals surface area contributed by atoms with Crippen molar-refractivity contribution in [1.82, 2.24) is 15.6 Å². The van der Waals surface area contributed by atoms with Crippen LogP contribution in [0.15, 0.2) is 29.6 Å². The molecule has 5 nitrogen and oxygen atoms in total. The summed E-state index contributed by atoms with van der Waals surface area (Å²) in [4.78, 5) is 28.0. The van der Waals surface area contributed by atoms with Crippen LogP contribution in [0.1, 0.15) is 38.7 Å². The van der Waals surface area contributed by atoms with Crippen LogP contribution in [-0.4, -0.2) is 22.8 Å². The number of benzene rings is 1. The Morgan fingerprint density at radius 3 is 2.86 bits per heavy atom. The van der Waals surface area contributed by atoms with Crippen LogP contribution in [0.2, 0.25) is 5.02 Å². The highest BCUT2D eigenvalue weighted by atomic mass is 35.5. The summed E-state index contributed by atoms with van der Waals surface area (Å²) in [5, 5.41) is 8.15. The van der Waals surface area contributed by atoms with E-state index in [1.165, 1.54) is 11.3 Å². The summed E-state index contributed by atoms with van der Waals surface area (Å²) in [6.07, 6.45) is 2.04. The second-order valence-electron chi connectivity index (χ2n) is 5.10. The third-order valence-electron chi connectivity index (χ3n) is 3.19. The molecule has 3 rings (SSSR count). The van der Waals surface area contributed by atoms with E-state index in [2.05, 4.69) is 15.6 Å². The van der Waals surface area contributed by atoms with E-state index in [0.29, 0.717) is 16.6 Å². The normalized spacial score (nSPS) is 13.7. The van der Waals surface area contributed by atoms with E-state index in [1.807, 2.05) is 12.1 Å².